The number of rotatable bonds is 8. The van der Waals surface area contributed by atoms with E-state index in [1.165, 1.54) is 26.4 Å². The van der Waals surface area contributed by atoms with Crippen molar-refractivity contribution < 1.29 is 28.2 Å². The van der Waals surface area contributed by atoms with Crippen LogP contribution in [-0.2, 0) is 13.6 Å². The van der Waals surface area contributed by atoms with Crippen LogP contribution >= 0.6 is 7.60 Å². The highest BCUT2D eigenvalue weighted by Gasteiger charge is 2.38. The average Bonchev–Trinajstić information content (AvgIpc) is 2.45. The van der Waals surface area contributed by atoms with Crippen molar-refractivity contribution in [1.29, 1.82) is 0 Å². The summed E-state index contributed by atoms with van der Waals surface area (Å²) in [6, 6.07) is 2.72. The van der Waals surface area contributed by atoms with Gasteiger partial charge in [-0.2, -0.15) is 0 Å². The molecule has 1 rings (SSSR count). The van der Waals surface area contributed by atoms with E-state index >= 15 is 0 Å². The summed E-state index contributed by atoms with van der Waals surface area (Å²) >= 11 is 0. The number of benzene rings is 1. The van der Waals surface area contributed by atoms with Crippen molar-refractivity contribution in [3.05, 3.63) is 17.7 Å². The van der Waals surface area contributed by atoms with Gasteiger partial charge in [0.15, 0.2) is 0 Å². The number of methoxy groups -OCH3 is 2. The third-order valence-corrected chi connectivity index (χ3v) is 4.96. The highest BCUT2D eigenvalue weighted by Crippen LogP contribution is 2.61. The van der Waals surface area contributed by atoms with Crippen molar-refractivity contribution in [1.82, 2.24) is 0 Å². The van der Waals surface area contributed by atoms with Gasteiger partial charge in [0.2, 0.25) is 0 Å². The van der Waals surface area contributed by atoms with Gasteiger partial charge in [-0.15, -0.1) is 0 Å². The molecule has 0 aliphatic carbocycles. The second-order valence-electron chi connectivity index (χ2n) is 4.08. The molecule has 0 spiro atoms. The standard InChI is InChI=1S/C13H22NO6P/c1-5-19-21(16,20-6-2)13(14)12-10(17-3)7-9(15)8-11(12)18-4/h7-8,13,15H,5-6,14H2,1-4H3/t13-/m1/s1. The van der Waals surface area contributed by atoms with Gasteiger partial charge < -0.3 is 29.4 Å². The van der Waals surface area contributed by atoms with Gasteiger partial charge in [-0.05, 0) is 13.8 Å². The molecule has 1 aromatic rings. The molecular weight excluding hydrogens is 297 g/mol. The van der Waals surface area contributed by atoms with E-state index in [-0.39, 0.29) is 30.5 Å². The number of hydrogen-bond acceptors (Lipinski definition) is 7. The van der Waals surface area contributed by atoms with Gasteiger partial charge in [-0.3, -0.25) is 4.57 Å². The van der Waals surface area contributed by atoms with Crippen molar-refractivity contribution in [3.63, 3.8) is 0 Å². The molecule has 0 amide bonds. The molecule has 0 aromatic heterocycles. The van der Waals surface area contributed by atoms with Crippen molar-refractivity contribution >= 4 is 7.60 Å². The Balaban J connectivity index is 3.39. The molecule has 1 aromatic carbocycles. The number of ether oxygens (including phenoxy) is 2. The summed E-state index contributed by atoms with van der Waals surface area (Å²) in [6.07, 6.45) is 0. The Morgan fingerprint density at radius 1 is 1.14 bits per heavy atom. The van der Waals surface area contributed by atoms with Crippen molar-refractivity contribution in [2.45, 2.75) is 19.6 Å². The fraction of sp³-hybridized carbons (Fsp3) is 0.538. The van der Waals surface area contributed by atoms with Crippen LogP contribution in [0.1, 0.15) is 25.2 Å². The third kappa shape index (κ3) is 3.89. The van der Waals surface area contributed by atoms with E-state index in [2.05, 4.69) is 0 Å². The zero-order valence-corrected chi connectivity index (χ0v) is 13.6. The van der Waals surface area contributed by atoms with E-state index in [0.29, 0.717) is 5.56 Å². The SMILES string of the molecule is CCOP(=O)(OCC)[C@@H](N)c1c(OC)cc(O)cc1OC. The first kappa shape index (κ1) is 17.8. The molecule has 21 heavy (non-hydrogen) atoms. The van der Waals surface area contributed by atoms with Crippen LogP contribution in [0.25, 0.3) is 0 Å². The van der Waals surface area contributed by atoms with Crippen LogP contribution in [0.4, 0.5) is 0 Å². The van der Waals surface area contributed by atoms with E-state index in [4.69, 9.17) is 24.3 Å². The minimum absolute atomic E-state index is 0.0534. The molecular formula is C13H22NO6P. The molecule has 1 atom stereocenters. The second-order valence-corrected chi connectivity index (χ2v) is 6.24. The average molecular weight is 319 g/mol. The predicted octanol–water partition coefficient (Wildman–Crippen LogP) is 2.63. The molecule has 120 valence electrons. The van der Waals surface area contributed by atoms with E-state index in [0.717, 1.165) is 0 Å². The third-order valence-electron chi connectivity index (χ3n) is 2.78. The van der Waals surface area contributed by atoms with Crippen LogP contribution in [0.15, 0.2) is 12.1 Å². The smallest absolute Gasteiger partial charge is 0.352 e. The van der Waals surface area contributed by atoms with Crippen molar-refractivity contribution in [2.24, 2.45) is 5.73 Å². The monoisotopic (exact) mass is 319 g/mol. The van der Waals surface area contributed by atoms with Crippen LogP contribution in [0, 0.1) is 0 Å². The topological polar surface area (TPSA) is 100 Å². The summed E-state index contributed by atoms with van der Waals surface area (Å²) in [6.45, 7) is 3.77. The van der Waals surface area contributed by atoms with Gasteiger partial charge in [0, 0.05) is 12.1 Å². The van der Waals surface area contributed by atoms with Crippen LogP contribution in [0.5, 0.6) is 17.2 Å². The van der Waals surface area contributed by atoms with E-state index in [1.807, 2.05) is 0 Å². The zero-order valence-electron chi connectivity index (χ0n) is 12.7. The minimum Gasteiger partial charge on any atom is -0.508 e. The fourth-order valence-corrected chi connectivity index (χ4v) is 3.62. The lowest BCUT2D eigenvalue weighted by molar-refractivity contribution is 0.211. The maximum absolute atomic E-state index is 12.8. The van der Waals surface area contributed by atoms with Crippen molar-refractivity contribution in [2.75, 3.05) is 27.4 Å². The van der Waals surface area contributed by atoms with Crippen LogP contribution in [-0.4, -0.2) is 32.5 Å². The van der Waals surface area contributed by atoms with Crippen LogP contribution in [0.3, 0.4) is 0 Å². The number of phenolic OH excluding ortho intramolecular Hbond substituents is 1. The summed E-state index contributed by atoms with van der Waals surface area (Å²) in [4.78, 5) is 0. The van der Waals surface area contributed by atoms with Gasteiger partial charge in [-0.1, -0.05) is 0 Å². The van der Waals surface area contributed by atoms with Gasteiger partial charge in [0.1, 0.15) is 23.0 Å². The quantitative estimate of drug-likeness (QED) is 0.710. The first-order valence-electron chi connectivity index (χ1n) is 6.52. The Hall–Kier alpha value is -1.27. The lowest BCUT2D eigenvalue weighted by Gasteiger charge is -2.26. The van der Waals surface area contributed by atoms with Gasteiger partial charge >= 0.3 is 7.60 Å². The molecule has 0 aliphatic heterocycles. The summed E-state index contributed by atoms with van der Waals surface area (Å²) in [7, 11) is -0.765. The minimum atomic E-state index is -3.59. The van der Waals surface area contributed by atoms with E-state index in [9.17, 15) is 9.67 Å². The molecule has 0 saturated carbocycles. The maximum Gasteiger partial charge on any atom is 0.352 e. The highest BCUT2D eigenvalue weighted by atomic mass is 31.2. The van der Waals surface area contributed by atoms with Crippen molar-refractivity contribution in [3.8, 4) is 17.2 Å². The molecule has 8 heteroatoms. The number of aromatic hydroxyl groups is 1. The lowest BCUT2D eigenvalue weighted by atomic mass is 10.1. The first-order valence-corrected chi connectivity index (χ1v) is 8.13. The number of nitrogens with two attached hydrogens (primary N) is 1. The molecule has 7 nitrogen and oxygen atoms in total. The lowest BCUT2D eigenvalue weighted by Crippen LogP contribution is -2.17. The summed E-state index contributed by atoms with van der Waals surface area (Å²) < 4.78 is 33.7. The Kier molecular flexibility index (Phi) is 6.48. The molecule has 0 fully saturated rings. The Bertz CT molecular complexity index is 486. The van der Waals surface area contributed by atoms with E-state index < -0.39 is 13.4 Å². The summed E-state index contributed by atoms with van der Waals surface area (Å²) in [5, 5.41) is 9.64. The zero-order chi connectivity index (χ0) is 16.0. The maximum atomic E-state index is 12.8. The van der Waals surface area contributed by atoms with Gasteiger partial charge in [0.25, 0.3) is 0 Å². The molecule has 0 aliphatic rings. The van der Waals surface area contributed by atoms with Crippen LogP contribution < -0.4 is 15.2 Å². The molecule has 0 saturated heterocycles. The number of phenols is 1. The molecule has 0 heterocycles. The molecule has 0 bridgehead atoms. The van der Waals surface area contributed by atoms with Crippen LogP contribution in [0.2, 0.25) is 0 Å². The Morgan fingerprint density at radius 2 is 1.57 bits per heavy atom. The summed E-state index contributed by atoms with van der Waals surface area (Å²) in [5.41, 5.74) is 6.42. The molecule has 0 radical (unpaired) electrons. The summed E-state index contributed by atoms with van der Waals surface area (Å²) in [5.74, 6) is -0.650. The Labute approximate surface area is 124 Å². The largest absolute Gasteiger partial charge is 0.508 e. The number of hydrogen-bond donors (Lipinski definition) is 2. The van der Waals surface area contributed by atoms with Gasteiger partial charge in [0.05, 0.1) is 33.0 Å². The fourth-order valence-electron chi connectivity index (χ4n) is 1.93. The van der Waals surface area contributed by atoms with E-state index in [1.54, 1.807) is 13.8 Å². The normalized spacial score (nSPS) is 13.0. The Morgan fingerprint density at radius 3 is 1.90 bits per heavy atom. The molecule has 3 N–H and O–H groups in total. The predicted molar refractivity (Wildman–Crippen MR) is 79.0 cm³/mol. The highest BCUT2D eigenvalue weighted by molar-refractivity contribution is 7.54. The second kappa shape index (κ2) is 7.66. The first-order chi connectivity index (χ1) is 9.93. The molecule has 0 unspecified atom stereocenters. The van der Waals surface area contributed by atoms with Gasteiger partial charge in [-0.25, -0.2) is 0 Å².